The summed E-state index contributed by atoms with van der Waals surface area (Å²) >= 11 is 0. The molecule has 1 aromatic heterocycles. The number of nitro benzene ring substituents is 2. The van der Waals surface area contributed by atoms with Gasteiger partial charge in [0.1, 0.15) is 11.5 Å². The second kappa shape index (κ2) is 8.86. The Labute approximate surface area is 178 Å². The number of hydrogen-bond acceptors (Lipinski definition) is 7. The molecule has 9 nitrogen and oxygen atoms in total. The first-order valence-corrected chi connectivity index (χ1v) is 9.66. The van der Waals surface area contributed by atoms with Crippen LogP contribution < -0.4 is 9.47 Å². The Morgan fingerprint density at radius 3 is 1.42 bits per heavy atom. The first-order valence-electron chi connectivity index (χ1n) is 9.66. The van der Waals surface area contributed by atoms with Crippen molar-refractivity contribution in [2.24, 2.45) is 0 Å². The normalized spacial score (nSPS) is 11.0. The van der Waals surface area contributed by atoms with Crippen LogP contribution in [0.25, 0.3) is 22.6 Å². The van der Waals surface area contributed by atoms with E-state index in [-0.39, 0.29) is 35.1 Å². The average molecular weight is 426 g/mol. The molecule has 31 heavy (non-hydrogen) atoms. The lowest BCUT2D eigenvalue weighted by molar-refractivity contribution is -0.386. The molecule has 0 fully saturated rings. The van der Waals surface area contributed by atoms with E-state index in [1.807, 2.05) is 0 Å². The summed E-state index contributed by atoms with van der Waals surface area (Å²) in [6.45, 7) is 7.14. The quantitative estimate of drug-likeness (QED) is 0.320. The molecule has 3 aromatic rings. The molecule has 0 unspecified atom stereocenters. The molecule has 0 aliphatic rings. The SMILES string of the molecule is CC(C)Oc1cc(-c2ccc(-c3ccc([N+](=O)[O-])c(OC(C)C)c3)o2)ccc1[N+](=O)[O-]. The van der Waals surface area contributed by atoms with E-state index in [9.17, 15) is 20.2 Å². The molecule has 0 atom stereocenters. The minimum atomic E-state index is -0.498. The third-order valence-corrected chi connectivity index (χ3v) is 4.21. The van der Waals surface area contributed by atoms with Gasteiger partial charge in [0.05, 0.1) is 22.1 Å². The van der Waals surface area contributed by atoms with Crippen molar-refractivity contribution in [2.45, 2.75) is 39.9 Å². The predicted octanol–water partition coefficient (Wildman–Crippen LogP) is 6.00. The smallest absolute Gasteiger partial charge is 0.310 e. The molecule has 0 saturated heterocycles. The van der Waals surface area contributed by atoms with Crippen LogP contribution in [-0.4, -0.2) is 22.1 Å². The Hall–Kier alpha value is -3.88. The van der Waals surface area contributed by atoms with Crippen molar-refractivity contribution in [3.63, 3.8) is 0 Å². The highest BCUT2D eigenvalue weighted by molar-refractivity contribution is 5.70. The molecule has 0 N–H and O–H groups in total. The molecule has 1 heterocycles. The molecule has 0 spiro atoms. The minimum absolute atomic E-state index is 0.130. The van der Waals surface area contributed by atoms with Gasteiger partial charge in [0.25, 0.3) is 0 Å². The maximum absolute atomic E-state index is 11.3. The zero-order valence-corrected chi connectivity index (χ0v) is 17.5. The van der Waals surface area contributed by atoms with Gasteiger partial charge in [-0.2, -0.15) is 0 Å². The van der Waals surface area contributed by atoms with Crippen LogP contribution in [0.2, 0.25) is 0 Å². The van der Waals surface area contributed by atoms with Gasteiger partial charge in [-0.05, 0) is 64.1 Å². The van der Waals surface area contributed by atoms with Crippen LogP contribution in [0.4, 0.5) is 11.4 Å². The van der Waals surface area contributed by atoms with Gasteiger partial charge in [-0.3, -0.25) is 20.2 Å². The van der Waals surface area contributed by atoms with Gasteiger partial charge in [-0.1, -0.05) is 0 Å². The number of benzene rings is 2. The summed E-state index contributed by atoms with van der Waals surface area (Å²) in [5, 5.41) is 22.5. The van der Waals surface area contributed by atoms with Gasteiger partial charge < -0.3 is 13.9 Å². The third-order valence-electron chi connectivity index (χ3n) is 4.21. The Morgan fingerprint density at radius 1 is 0.710 bits per heavy atom. The fourth-order valence-corrected chi connectivity index (χ4v) is 2.98. The van der Waals surface area contributed by atoms with Crippen molar-refractivity contribution in [3.05, 3.63) is 68.8 Å². The van der Waals surface area contributed by atoms with Gasteiger partial charge >= 0.3 is 11.4 Å². The molecule has 3 rings (SSSR count). The zero-order chi connectivity index (χ0) is 22.7. The molecular formula is C22H22N2O7. The van der Waals surface area contributed by atoms with E-state index in [0.717, 1.165) is 0 Å². The molecule has 0 saturated carbocycles. The number of ether oxygens (including phenoxy) is 2. The van der Waals surface area contributed by atoms with E-state index in [0.29, 0.717) is 22.6 Å². The van der Waals surface area contributed by atoms with E-state index in [4.69, 9.17) is 13.9 Å². The van der Waals surface area contributed by atoms with Gasteiger partial charge in [0, 0.05) is 23.3 Å². The lowest BCUT2D eigenvalue weighted by Crippen LogP contribution is -2.07. The topological polar surface area (TPSA) is 118 Å². The van der Waals surface area contributed by atoms with Crippen LogP contribution in [0, 0.1) is 20.2 Å². The molecule has 0 bridgehead atoms. The van der Waals surface area contributed by atoms with E-state index in [2.05, 4.69) is 0 Å². The molecule has 0 aliphatic heterocycles. The molecule has 0 amide bonds. The highest BCUT2D eigenvalue weighted by atomic mass is 16.6. The van der Waals surface area contributed by atoms with Gasteiger partial charge in [0.2, 0.25) is 0 Å². The Bertz CT molecular complexity index is 1030. The van der Waals surface area contributed by atoms with Gasteiger partial charge in [-0.25, -0.2) is 0 Å². The maximum Gasteiger partial charge on any atom is 0.310 e. The molecule has 162 valence electrons. The molecule has 0 aliphatic carbocycles. The summed E-state index contributed by atoms with van der Waals surface area (Å²) in [5.74, 6) is 1.25. The summed E-state index contributed by atoms with van der Waals surface area (Å²) < 4.78 is 17.1. The van der Waals surface area contributed by atoms with E-state index >= 15 is 0 Å². The summed E-state index contributed by atoms with van der Waals surface area (Å²) in [4.78, 5) is 21.5. The van der Waals surface area contributed by atoms with E-state index in [1.165, 1.54) is 12.1 Å². The van der Waals surface area contributed by atoms with Crippen molar-refractivity contribution in [2.75, 3.05) is 0 Å². The van der Waals surface area contributed by atoms with Crippen molar-refractivity contribution in [1.29, 1.82) is 0 Å². The Morgan fingerprint density at radius 2 is 1.10 bits per heavy atom. The summed E-state index contributed by atoms with van der Waals surface area (Å²) in [6, 6.07) is 12.5. The zero-order valence-electron chi connectivity index (χ0n) is 17.5. The highest BCUT2D eigenvalue weighted by Crippen LogP contribution is 2.37. The van der Waals surface area contributed by atoms with Crippen LogP contribution >= 0.6 is 0 Å². The van der Waals surface area contributed by atoms with Gasteiger partial charge in [-0.15, -0.1) is 0 Å². The standard InChI is InChI=1S/C22H22N2O7/c1-13(2)29-21-11-15(5-7-17(21)23(25)26)19-9-10-20(31-19)16-6-8-18(24(27)28)22(12-16)30-14(3)4/h5-14H,1-4H3. The molecular weight excluding hydrogens is 404 g/mol. The van der Waals surface area contributed by atoms with Crippen LogP contribution in [0.5, 0.6) is 11.5 Å². The van der Waals surface area contributed by atoms with E-state index in [1.54, 1.807) is 64.1 Å². The van der Waals surface area contributed by atoms with Crippen molar-refractivity contribution in [1.82, 2.24) is 0 Å². The van der Waals surface area contributed by atoms with Crippen molar-refractivity contribution >= 4 is 11.4 Å². The maximum atomic E-state index is 11.3. The van der Waals surface area contributed by atoms with Crippen molar-refractivity contribution in [3.8, 4) is 34.1 Å². The third kappa shape index (κ3) is 5.00. The highest BCUT2D eigenvalue weighted by Gasteiger charge is 2.20. The largest absolute Gasteiger partial charge is 0.484 e. The minimum Gasteiger partial charge on any atom is -0.484 e. The van der Waals surface area contributed by atoms with Crippen LogP contribution in [-0.2, 0) is 0 Å². The number of furan rings is 1. The Kier molecular flexibility index (Phi) is 6.24. The first-order chi connectivity index (χ1) is 14.7. The average Bonchev–Trinajstić information content (AvgIpc) is 3.16. The van der Waals surface area contributed by atoms with Crippen molar-refractivity contribution < 1.29 is 23.7 Å². The predicted molar refractivity (Wildman–Crippen MR) is 114 cm³/mol. The second-order valence-electron chi connectivity index (χ2n) is 7.38. The van der Waals surface area contributed by atoms with Crippen LogP contribution in [0.3, 0.4) is 0 Å². The second-order valence-corrected chi connectivity index (χ2v) is 7.38. The molecule has 2 aromatic carbocycles. The van der Waals surface area contributed by atoms with Crippen LogP contribution in [0.1, 0.15) is 27.7 Å². The lowest BCUT2D eigenvalue weighted by Gasteiger charge is -2.11. The lowest BCUT2D eigenvalue weighted by atomic mass is 10.1. The monoisotopic (exact) mass is 426 g/mol. The fourth-order valence-electron chi connectivity index (χ4n) is 2.98. The number of rotatable bonds is 8. The first kappa shape index (κ1) is 21.8. The van der Waals surface area contributed by atoms with E-state index < -0.39 is 9.85 Å². The molecule has 9 heteroatoms. The number of nitro groups is 2. The fraction of sp³-hybridized carbons (Fsp3) is 0.273. The summed E-state index contributed by atoms with van der Waals surface area (Å²) in [5.41, 5.74) is 0.950. The number of hydrogen-bond donors (Lipinski definition) is 0. The molecule has 0 radical (unpaired) electrons. The summed E-state index contributed by atoms with van der Waals surface area (Å²) in [6.07, 6.45) is -0.471. The van der Waals surface area contributed by atoms with Gasteiger partial charge in [0.15, 0.2) is 11.5 Å². The van der Waals surface area contributed by atoms with Crippen LogP contribution in [0.15, 0.2) is 52.9 Å². The Balaban J connectivity index is 1.98. The summed E-state index contributed by atoms with van der Waals surface area (Å²) in [7, 11) is 0. The number of nitrogens with zero attached hydrogens (tertiary/aromatic N) is 2.